The van der Waals surface area contributed by atoms with E-state index in [0.717, 1.165) is 24.0 Å². The second-order valence-corrected chi connectivity index (χ2v) is 8.21. The molecule has 2 aromatic carbocycles. The average Bonchev–Trinajstić information content (AvgIpc) is 2.72. The largest absolute Gasteiger partial charge is 0.354 e. The highest BCUT2D eigenvalue weighted by molar-refractivity contribution is 6.36. The monoisotopic (exact) mass is 448 g/mol. The average molecular weight is 449 g/mol. The van der Waals surface area contributed by atoms with Crippen LogP contribution in [0.15, 0.2) is 42.5 Å². The van der Waals surface area contributed by atoms with Gasteiger partial charge in [-0.05, 0) is 48.6 Å². The van der Waals surface area contributed by atoms with Crippen molar-refractivity contribution in [3.8, 4) is 0 Å². The lowest BCUT2D eigenvalue weighted by atomic mass is 10.0. The fourth-order valence-corrected chi connectivity index (χ4v) is 3.88. The van der Waals surface area contributed by atoms with Crippen LogP contribution in [0.4, 0.5) is 0 Å². The summed E-state index contributed by atoms with van der Waals surface area (Å²) in [7, 11) is 0. The molecular formula is C24H30Cl2N2O2. The molecule has 2 aromatic rings. The van der Waals surface area contributed by atoms with E-state index in [-0.39, 0.29) is 18.2 Å². The van der Waals surface area contributed by atoms with Gasteiger partial charge in [0.2, 0.25) is 11.8 Å². The summed E-state index contributed by atoms with van der Waals surface area (Å²) in [4.78, 5) is 28.0. The van der Waals surface area contributed by atoms with Gasteiger partial charge in [-0.15, -0.1) is 0 Å². The summed E-state index contributed by atoms with van der Waals surface area (Å²) in [5.41, 5.74) is 2.67. The molecule has 2 rings (SSSR count). The normalized spacial score (nSPS) is 11.8. The van der Waals surface area contributed by atoms with Crippen molar-refractivity contribution >= 4 is 35.0 Å². The Morgan fingerprint density at radius 3 is 2.30 bits per heavy atom. The molecule has 0 saturated carbocycles. The lowest BCUT2D eigenvalue weighted by Gasteiger charge is -2.31. The minimum Gasteiger partial charge on any atom is -0.354 e. The molecule has 4 nitrogen and oxygen atoms in total. The molecule has 0 saturated heterocycles. The molecule has 0 fully saturated rings. The molecule has 0 spiro atoms. The van der Waals surface area contributed by atoms with E-state index in [4.69, 9.17) is 23.2 Å². The third-order valence-electron chi connectivity index (χ3n) is 5.21. The highest BCUT2D eigenvalue weighted by Crippen LogP contribution is 2.26. The van der Waals surface area contributed by atoms with Gasteiger partial charge in [0.1, 0.15) is 6.04 Å². The van der Waals surface area contributed by atoms with Gasteiger partial charge in [0, 0.05) is 23.1 Å². The van der Waals surface area contributed by atoms with Crippen LogP contribution in [0, 0.1) is 6.92 Å². The summed E-state index contributed by atoms with van der Waals surface area (Å²) in [6, 6.07) is 12.5. The number of rotatable bonds is 10. The first-order valence-corrected chi connectivity index (χ1v) is 11.2. The zero-order valence-electron chi connectivity index (χ0n) is 17.9. The SMILES string of the molecule is CCCCNC(=O)C(CC)N(Cc1ccccc1C)C(=O)Cc1c(Cl)cccc1Cl. The first-order valence-electron chi connectivity index (χ1n) is 10.4. The van der Waals surface area contributed by atoms with Gasteiger partial charge in [0.05, 0.1) is 6.42 Å². The van der Waals surface area contributed by atoms with Crippen molar-refractivity contribution in [1.29, 1.82) is 0 Å². The number of unbranched alkanes of at least 4 members (excludes halogenated alkanes) is 1. The van der Waals surface area contributed by atoms with E-state index in [1.165, 1.54) is 0 Å². The summed E-state index contributed by atoms with van der Waals surface area (Å²) in [5.74, 6) is -0.302. The summed E-state index contributed by atoms with van der Waals surface area (Å²) in [6.07, 6.45) is 2.46. The van der Waals surface area contributed by atoms with Crippen LogP contribution in [-0.2, 0) is 22.6 Å². The zero-order valence-corrected chi connectivity index (χ0v) is 19.4. The van der Waals surface area contributed by atoms with Crippen LogP contribution in [0.1, 0.15) is 49.8 Å². The molecule has 1 atom stereocenters. The molecule has 0 heterocycles. The Morgan fingerprint density at radius 1 is 1.03 bits per heavy atom. The van der Waals surface area contributed by atoms with Gasteiger partial charge in [0.25, 0.3) is 0 Å². The van der Waals surface area contributed by atoms with E-state index in [0.29, 0.717) is 35.1 Å². The zero-order chi connectivity index (χ0) is 22.1. The number of hydrogen-bond donors (Lipinski definition) is 1. The van der Waals surface area contributed by atoms with Crippen molar-refractivity contribution in [2.75, 3.05) is 6.54 Å². The van der Waals surface area contributed by atoms with Crippen molar-refractivity contribution in [3.63, 3.8) is 0 Å². The van der Waals surface area contributed by atoms with Crippen molar-refractivity contribution in [3.05, 3.63) is 69.2 Å². The van der Waals surface area contributed by atoms with Crippen LogP contribution in [0.2, 0.25) is 10.0 Å². The summed E-state index contributed by atoms with van der Waals surface area (Å²) < 4.78 is 0. The van der Waals surface area contributed by atoms with Gasteiger partial charge >= 0.3 is 0 Å². The number of nitrogens with one attached hydrogen (secondary N) is 1. The lowest BCUT2D eigenvalue weighted by molar-refractivity contribution is -0.140. The maximum absolute atomic E-state index is 13.4. The van der Waals surface area contributed by atoms with Crippen molar-refractivity contribution in [2.24, 2.45) is 0 Å². The van der Waals surface area contributed by atoms with Crippen molar-refractivity contribution in [2.45, 2.75) is 59.0 Å². The molecule has 1 unspecified atom stereocenters. The number of carbonyl (C=O) groups excluding carboxylic acids is 2. The fraction of sp³-hybridized carbons (Fsp3) is 0.417. The molecule has 6 heteroatoms. The minimum atomic E-state index is -0.560. The van der Waals surface area contributed by atoms with Gasteiger partial charge in [-0.1, -0.05) is 73.8 Å². The number of amides is 2. The third-order valence-corrected chi connectivity index (χ3v) is 5.92. The fourth-order valence-electron chi connectivity index (χ4n) is 3.35. The standard InChI is InChI=1S/C24H30Cl2N2O2/c1-4-6-14-27-24(30)22(5-2)28(16-18-11-8-7-10-17(18)3)23(29)15-19-20(25)12-9-13-21(19)26/h7-13,22H,4-6,14-16H2,1-3H3,(H,27,30). The number of benzene rings is 2. The molecule has 0 aliphatic heterocycles. The summed E-state index contributed by atoms with van der Waals surface area (Å²) in [5, 5.41) is 3.87. The van der Waals surface area contributed by atoms with Crippen molar-refractivity contribution < 1.29 is 9.59 Å². The van der Waals surface area contributed by atoms with Crippen LogP contribution >= 0.6 is 23.2 Å². The van der Waals surface area contributed by atoms with E-state index in [9.17, 15) is 9.59 Å². The Kier molecular flexibility index (Phi) is 9.67. The maximum Gasteiger partial charge on any atom is 0.242 e. The first-order chi connectivity index (χ1) is 14.4. The van der Waals surface area contributed by atoms with Crippen LogP contribution in [-0.4, -0.2) is 29.3 Å². The number of halogens is 2. The number of hydrogen-bond acceptors (Lipinski definition) is 2. The number of nitrogens with zero attached hydrogens (tertiary/aromatic N) is 1. The van der Waals surface area contributed by atoms with E-state index in [1.807, 2.05) is 38.1 Å². The molecule has 1 N–H and O–H groups in total. The lowest BCUT2D eigenvalue weighted by Crippen LogP contribution is -2.49. The second-order valence-electron chi connectivity index (χ2n) is 7.39. The molecule has 0 radical (unpaired) electrons. The molecule has 0 aliphatic rings. The molecule has 2 amide bonds. The van der Waals surface area contributed by atoms with Crippen LogP contribution in [0.25, 0.3) is 0 Å². The maximum atomic E-state index is 13.4. The molecule has 162 valence electrons. The van der Waals surface area contributed by atoms with Crippen LogP contribution in [0.3, 0.4) is 0 Å². The minimum absolute atomic E-state index is 0.0448. The van der Waals surface area contributed by atoms with Crippen LogP contribution < -0.4 is 5.32 Å². The Hall–Kier alpha value is -2.04. The molecule has 0 bridgehead atoms. The third kappa shape index (κ3) is 6.48. The second kappa shape index (κ2) is 12.0. The van der Waals surface area contributed by atoms with Gasteiger partial charge in [-0.2, -0.15) is 0 Å². The predicted octanol–water partition coefficient (Wildman–Crippen LogP) is 5.57. The molecule has 0 aromatic heterocycles. The smallest absolute Gasteiger partial charge is 0.242 e. The Labute approximate surface area is 189 Å². The predicted molar refractivity (Wildman–Crippen MR) is 124 cm³/mol. The van der Waals surface area contributed by atoms with Crippen molar-refractivity contribution in [1.82, 2.24) is 10.2 Å². The van der Waals surface area contributed by atoms with E-state index < -0.39 is 6.04 Å². The van der Waals surface area contributed by atoms with Gasteiger partial charge in [-0.3, -0.25) is 9.59 Å². The molecular weight excluding hydrogens is 419 g/mol. The topological polar surface area (TPSA) is 49.4 Å². The highest BCUT2D eigenvalue weighted by atomic mass is 35.5. The highest BCUT2D eigenvalue weighted by Gasteiger charge is 2.29. The number of carbonyl (C=O) groups is 2. The Balaban J connectivity index is 2.32. The molecule has 0 aliphatic carbocycles. The summed E-state index contributed by atoms with van der Waals surface area (Å²) >= 11 is 12.6. The molecule has 30 heavy (non-hydrogen) atoms. The quantitative estimate of drug-likeness (QED) is 0.483. The van der Waals surface area contributed by atoms with Gasteiger partial charge in [-0.25, -0.2) is 0 Å². The number of aryl methyl sites for hydroxylation is 1. The van der Waals surface area contributed by atoms with Gasteiger partial charge < -0.3 is 10.2 Å². The van der Waals surface area contributed by atoms with Crippen LogP contribution in [0.5, 0.6) is 0 Å². The first kappa shape index (κ1) is 24.2. The van der Waals surface area contributed by atoms with E-state index in [2.05, 4.69) is 12.2 Å². The summed E-state index contributed by atoms with van der Waals surface area (Å²) in [6.45, 7) is 6.96. The Bertz CT molecular complexity index is 850. The van der Waals surface area contributed by atoms with Gasteiger partial charge in [0.15, 0.2) is 0 Å². The Morgan fingerprint density at radius 2 is 1.70 bits per heavy atom. The van der Waals surface area contributed by atoms with E-state index >= 15 is 0 Å². The van der Waals surface area contributed by atoms with E-state index in [1.54, 1.807) is 23.1 Å².